The number of unbranched alkanes of at least 4 members (excludes halogenated alkanes) is 1. The number of carboxylic acid groups (broad SMARTS) is 1. The van der Waals surface area contributed by atoms with Crippen LogP contribution in [0.15, 0.2) is 85.1 Å². The standard InChI is InChI=1S/C58H77N13O15S2/c1-4-6-15-38-50(77)65-40(22-32-17-19-34(73)20-18-32)51(78)66-39(21-31-12-8-7-9-13-31)52(79)69-44(27-72)55(82)67-42(25-47(61)75)54(81)71-48(30(3)5-2)57(84)70-45(29-88-87-28-36(59)49(76)64-41(24-46(60)74)53(80)63-38)56(83)68-43(58(85)86)23-33-26-62-37-16-11-10-14-35(33)37/h7-14,16-20,26,30,36,38-45,48,62,72-73H,4-6,15,21-25,27-29,59H2,1-3H3,(H2,60,74)(H2,61,75)(H,63,80)(H,64,76)(H,65,77)(H,66,78)(H,67,82)(H,68,83)(H,69,79)(H,70,84)(H,71,81)(H,85,86)/t30-,36+,38?,39-,40?,41?,42-,43-,44?,45?,48?/m0/s1. The first-order valence-electron chi connectivity index (χ1n) is 28.4. The summed E-state index contributed by atoms with van der Waals surface area (Å²) in [6.07, 6.45) is 0.265. The summed E-state index contributed by atoms with van der Waals surface area (Å²) in [7, 11) is 1.83. The van der Waals surface area contributed by atoms with E-state index in [1.165, 1.54) is 24.3 Å². The van der Waals surface area contributed by atoms with Crippen molar-refractivity contribution >= 4 is 103 Å². The number of nitrogens with one attached hydrogen (secondary N) is 10. The second-order valence-electron chi connectivity index (χ2n) is 21.2. The molecule has 0 saturated carbocycles. The zero-order chi connectivity index (χ0) is 64.6. The van der Waals surface area contributed by atoms with Crippen molar-refractivity contribution in [3.05, 3.63) is 102 Å². The van der Waals surface area contributed by atoms with Gasteiger partial charge in [0.15, 0.2) is 0 Å². The lowest BCUT2D eigenvalue weighted by Crippen LogP contribution is -2.62. The molecule has 476 valence electrons. The van der Waals surface area contributed by atoms with E-state index in [4.69, 9.17) is 17.2 Å². The summed E-state index contributed by atoms with van der Waals surface area (Å²) >= 11 is 0. The van der Waals surface area contributed by atoms with Crippen LogP contribution in [0.3, 0.4) is 0 Å². The first-order chi connectivity index (χ1) is 41.9. The van der Waals surface area contributed by atoms with Crippen LogP contribution in [0.1, 0.15) is 76.0 Å². The molecule has 28 nitrogen and oxygen atoms in total. The fraction of sp³-hybridized carbons (Fsp3) is 0.448. The van der Waals surface area contributed by atoms with Crippen LogP contribution in [-0.4, -0.2) is 170 Å². The number of carbonyl (C=O) groups is 12. The number of aromatic amines is 1. The average molecular weight is 1260 g/mol. The molecule has 1 aliphatic heterocycles. The van der Waals surface area contributed by atoms with Crippen LogP contribution in [0.25, 0.3) is 10.9 Å². The normalized spacial score (nSPS) is 23.5. The molecule has 0 aliphatic carbocycles. The fourth-order valence-electron chi connectivity index (χ4n) is 9.17. The Bertz CT molecular complexity index is 3120. The van der Waals surface area contributed by atoms with Gasteiger partial charge in [0.2, 0.25) is 65.0 Å². The SMILES string of the molecule is CCCCC1NC(=O)C(CC(N)=O)NC(=O)[C@H](N)CSSCC(C(=O)N[C@@H](Cc2c[nH]c3ccccc23)C(=O)O)NC(=O)C([C@@H](C)CC)NC(=O)[C@H](CC(N)=O)NC(=O)C(CO)NC(=O)[C@H](Cc2ccccc2)NC(=O)C(Cc2ccc(O)cc2)NC1=O. The number of H-pyrrole nitrogens is 1. The molecule has 5 rings (SSSR count). The van der Waals surface area contributed by atoms with E-state index in [1.54, 1.807) is 81.6 Å². The Morgan fingerprint density at radius 2 is 1.11 bits per heavy atom. The summed E-state index contributed by atoms with van der Waals surface area (Å²) in [5.74, 6) is -14.3. The number of hydrogen-bond acceptors (Lipinski definition) is 17. The van der Waals surface area contributed by atoms with Gasteiger partial charge >= 0.3 is 5.97 Å². The second kappa shape index (κ2) is 34.6. The van der Waals surface area contributed by atoms with E-state index in [9.17, 15) is 72.9 Å². The number of hydrogen-bond donors (Lipinski definition) is 16. The molecule has 19 N–H and O–H groups in total. The highest BCUT2D eigenvalue weighted by molar-refractivity contribution is 8.76. The number of aliphatic carboxylic acids is 1. The maximum atomic E-state index is 14.6. The van der Waals surface area contributed by atoms with Crippen molar-refractivity contribution in [2.24, 2.45) is 23.1 Å². The summed E-state index contributed by atoms with van der Waals surface area (Å²) in [5, 5.41) is 54.2. The highest BCUT2D eigenvalue weighted by Gasteiger charge is 2.38. The van der Waals surface area contributed by atoms with Gasteiger partial charge in [-0.2, -0.15) is 0 Å². The largest absolute Gasteiger partial charge is 0.508 e. The molecule has 1 fully saturated rings. The number of primary amides is 2. The number of rotatable bonds is 19. The number of aromatic hydroxyl groups is 1. The van der Waals surface area contributed by atoms with Gasteiger partial charge in [-0.25, -0.2) is 4.79 Å². The van der Waals surface area contributed by atoms with Crippen molar-refractivity contribution < 1.29 is 72.9 Å². The van der Waals surface area contributed by atoms with Crippen LogP contribution in [0.5, 0.6) is 5.75 Å². The Morgan fingerprint density at radius 3 is 1.69 bits per heavy atom. The zero-order valence-electron chi connectivity index (χ0n) is 48.7. The molecule has 6 unspecified atom stereocenters. The molecule has 11 amide bonds. The van der Waals surface area contributed by atoms with E-state index >= 15 is 0 Å². The number of phenolic OH excluding ortho intramolecular Hbond substituents is 1. The predicted molar refractivity (Wildman–Crippen MR) is 326 cm³/mol. The molecule has 1 saturated heterocycles. The van der Waals surface area contributed by atoms with Crippen molar-refractivity contribution in [1.82, 2.24) is 52.8 Å². The lowest BCUT2D eigenvalue weighted by Gasteiger charge is -2.29. The van der Waals surface area contributed by atoms with Gasteiger partial charge in [0.25, 0.3) is 0 Å². The predicted octanol–water partition coefficient (Wildman–Crippen LogP) is -1.95. The number of phenols is 1. The van der Waals surface area contributed by atoms with Crippen molar-refractivity contribution in [2.75, 3.05) is 18.1 Å². The van der Waals surface area contributed by atoms with Gasteiger partial charge in [0.05, 0.1) is 25.5 Å². The number of benzene rings is 3. The Balaban J connectivity index is 1.55. The van der Waals surface area contributed by atoms with E-state index in [2.05, 4.69) is 52.8 Å². The Hall–Kier alpha value is -8.74. The van der Waals surface area contributed by atoms with E-state index < -0.39 is 157 Å². The minimum atomic E-state index is -1.89. The third kappa shape index (κ3) is 21.6. The van der Waals surface area contributed by atoms with Crippen LogP contribution in [0, 0.1) is 5.92 Å². The van der Waals surface area contributed by atoms with Crippen molar-refractivity contribution in [1.29, 1.82) is 0 Å². The summed E-state index contributed by atoms with van der Waals surface area (Å²) < 4.78 is 0. The highest BCUT2D eigenvalue weighted by Crippen LogP contribution is 2.24. The number of nitrogens with two attached hydrogens (primary N) is 3. The molecule has 0 spiro atoms. The molecule has 0 bridgehead atoms. The van der Waals surface area contributed by atoms with Crippen molar-refractivity contribution in [2.45, 2.75) is 139 Å². The smallest absolute Gasteiger partial charge is 0.326 e. The number of amides is 11. The minimum Gasteiger partial charge on any atom is -0.508 e. The third-order valence-electron chi connectivity index (χ3n) is 14.3. The van der Waals surface area contributed by atoms with Crippen LogP contribution in [0.2, 0.25) is 0 Å². The molecule has 3 aromatic carbocycles. The average Bonchev–Trinajstić information content (AvgIpc) is 2.27. The molecule has 30 heteroatoms. The van der Waals surface area contributed by atoms with Crippen LogP contribution in [-0.2, 0) is 76.8 Å². The highest BCUT2D eigenvalue weighted by atomic mass is 33.1. The van der Waals surface area contributed by atoms with Crippen LogP contribution >= 0.6 is 21.6 Å². The summed E-state index contributed by atoms with van der Waals surface area (Å²) in [5.41, 5.74) is 19.5. The number of fused-ring (bicyclic) bond motifs is 1. The van der Waals surface area contributed by atoms with E-state index in [0.717, 1.165) is 21.6 Å². The summed E-state index contributed by atoms with van der Waals surface area (Å²) in [6.45, 7) is 3.93. The number of aromatic nitrogens is 1. The van der Waals surface area contributed by atoms with Crippen molar-refractivity contribution in [3.63, 3.8) is 0 Å². The second-order valence-corrected chi connectivity index (χ2v) is 23.7. The number of carboxylic acids is 1. The van der Waals surface area contributed by atoms with Crippen LogP contribution < -0.4 is 65.1 Å². The lowest BCUT2D eigenvalue weighted by atomic mass is 9.97. The molecular weight excluding hydrogens is 1180 g/mol. The number of aliphatic hydroxyl groups excluding tert-OH is 1. The molecule has 1 aliphatic rings. The Labute approximate surface area is 514 Å². The van der Waals surface area contributed by atoms with Crippen molar-refractivity contribution in [3.8, 4) is 5.75 Å². The van der Waals surface area contributed by atoms with E-state index in [-0.39, 0.29) is 49.4 Å². The number of aliphatic hydroxyl groups is 1. The van der Waals surface area contributed by atoms with Gasteiger partial charge in [0, 0.05) is 47.9 Å². The third-order valence-corrected chi connectivity index (χ3v) is 16.8. The lowest BCUT2D eigenvalue weighted by molar-refractivity contribution is -0.142. The first kappa shape index (κ1) is 70.0. The van der Waals surface area contributed by atoms with E-state index in [0.29, 0.717) is 40.4 Å². The van der Waals surface area contributed by atoms with Gasteiger partial charge in [-0.05, 0) is 47.2 Å². The molecular formula is C58H77N13O15S2. The van der Waals surface area contributed by atoms with E-state index in [1.807, 2.05) is 0 Å². The zero-order valence-corrected chi connectivity index (χ0v) is 50.3. The quantitative estimate of drug-likeness (QED) is 0.0454. The van der Waals surface area contributed by atoms with Gasteiger partial charge in [-0.3, -0.25) is 52.7 Å². The number of carbonyl (C=O) groups excluding carboxylic acids is 11. The van der Waals surface area contributed by atoms with Gasteiger partial charge in [-0.1, -0.05) is 122 Å². The molecule has 4 aromatic rings. The minimum absolute atomic E-state index is 0.0311. The maximum absolute atomic E-state index is 14.6. The van der Waals surface area contributed by atoms with Gasteiger partial charge < -0.3 is 85.4 Å². The summed E-state index contributed by atoms with van der Waals surface area (Å²) in [6, 6.07) is 4.85. The topological polar surface area (TPSA) is 468 Å². The summed E-state index contributed by atoms with van der Waals surface area (Å²) in [4.78, 5) is 169. The maximum Gasteiger partial charge on any atom is 0.326 e. The Kier molecular flexibility index (Phi) is 27.5. The number of para-hydroxylation sites is 1. The molecule has 0 radical (unpaired) electrons. The first-order valence-corrected chi connectivity index (χ1v) is 30.9. The fourth-order valence-corrected chi connectivity index (χ4v) is 11.5. The monoisotopic (exact) mass is 1260 g/mol. The van der Waals surface area contributed by atoms with Crippen LogP contribution in [0.4, 0.5) is 0 Å². The van der Waals surface area contributed by atoms with Gasteiger partial charge in [0.1, 0.15) is 60.1 Å². The molecule has 2 heterocycles. The molecule has 88 heavy (non-hydrogen) atoms. The van der Waals surface area contributed by atoms with Gasteiger partial charge in [-0.15, -0.1) is 0 Å². The molecule has 1 aromatic heterocycles. The molecule has 11 atom stereocenters. The Morgan fingerprint density at radius 1 is 0.614 bits per heavy atom.